The summed E-state index contributed by atoms with van der Waals surface area (Å²) in [5.41, 5.74) is 1.53. The maximum Gasteiger partial charge on any atom is 0.251 e. The maximum absolute atomic E-state index is 13.5. The third-order valence-corrected chi connectivity index (χ3v) is 4.14. The molecular weight excluding hydrogens is 361 g/mol. The summed E-state index contributed by atoms with van der Waals surface area (Å²) in [6.07, 6.45) is 0.0840. The second-order valence-electron chi connectivity index (χ2n) is 6.44. The number of hydrogen-bond donors (Lipinski definition) is 3. The van der Waals surface area contributed by atoms with Gasteiger partial charge in [0.2, 0.25) is 11.8 Å². The summed E-state index contributed by atoms with van der Waals surface area (Å²) >= 11 is 0. The van der Waals surface area contributed by atoms with Crippen LogP contribution in [0.5, 0.6) is 0 Å². The number of halogens is 1. The van der Waals surface area contributed by atoms with E-state index in [0.29, 0.717) is 5.56 Å². The zero-order valence-corrected chi connectivity index (χ0v) is 15.9. The molecule has 0 bridgehead atoms. The number of benzene rings is 2. The quantitative estimate of drug-likeness (QED) is 0.609. The zero-order chi connectivity index (χ0) is 20.5. The van der Waals surface area contributed by atoms with Crippen LogP contribution in [0.1, 0.15) is 40.9 Å². The Morgan fingerprint density at radius 2 is 1.68 bits per heavy atom. The third-order valence-electron chi connectivity index (χ3n) is 4.14. The fourth-order valence-electron chi connectivity index (χ4n) is 2.65. The van der Waals surface area contributed by atoms with Crippen LogP contribution < -0.4 is 16.0 Å². The first kappa shape index (κ1) is 21.1. The molecule has 0 spiro atoms. The van der Waals surface area contributed by atoms with Crippen molar-refractivity contribution in [2.24, 2.45) is 0 Å². The standard InChI is InChI=1S/C21H24FN3O3/c1-14-8-9-17(12-18(14)22)21(28)24-11-10-23-20(27)13-19(25-15(2)26)16-6-4-3-5-7-16/h3-9,12,19H,10-11,13H2,1-2H3,(H,23,27)(H,24,28)(H,25,26). The Hall–Kier alpha value is -3.22. The molecule has 0 aromatic heterocycles. The molecule has 0 saturated carbocycles. The van der Waals surface area contributed by atoms with E-state index in [4.69, 9.17) is 0 Å². The van der Waals surface area contributed by atoms with Gasteiger partial charge in [-0.25, -0.2) is 4.39 Å². The van der Waals surface area contributed by atoms with Gasteiger partial charge in [-0.2, -0.15) is 0 Å². The lowest BCUT2D eigenvalue weighted by Gasteiger charge is -2.18. The number of nitrogens with one attached hydrogen (secondary N) is 3. The number of rotatable bonds is 8. The minimum atomic E-state index is -0.439. The molecule has 7 heteroatoms. The van der Waals surface area contributed by atoms with Gasteiger partial charge in [0.1, 0.15) is 5.82 Å². The Morgan fingerprint density at radius 1 is 1.00 bits per heavy atom. The van der Waals surface area contributed by atoms with Crippen LogP contribution in [0.15, 0.2) is 48.5 Å². The van der Waals surface area contributed by atoms with E-state index in [2.05, 4.69) is 16.0 Å². The van der Waals surface area contributed by atoms with Crippen molar-refractivity contribution in [2.75, 3.05) is 13.1 Å². The summed E-state index contributed by atoms with van der Waals surface area (Å²) in [6, 6.07) is 13.1. The average molecular weight is 385 g/mol. The lowest BCUT2D eigenvalue weighted by Crippen LogP contribution is -2.37. The van der Waals surface area contributed by atoms with E-state index in [1.54, 1.807) is 13.0 Å². The van der Waals surface area contributed by atoms with Gasteiger partial charge >= 0.3 is 0 Å². The fraction of sp³-hybridized carbons (Fsp3) is 0.286. The third kappa shape index (κ3) is 6.50. The molecule has 28 heavy (non-hydrogen) atoms. The van der Waals surface area contributed by atoms with E-state index >= 15 is 0 Å². The first-order valence-corrected chi connectivity index (χ1v) is 9.00. The molecule has 0 aliphatic rings. The summed E-state index contributed by atoms with van der Waals surface area (Å²) in [5, 5.41) is 8.09. The van der Waals surface area contributed by atoms with Gasteiger partial charge in [-0.1, -0.05) is 36.4 Å². The zero-order valence-electron chi connectivity index (χ0n) is 15.9. The summed E-state index contributed by atoms with van der Waals surface area (Å²) in [7, 11) is 0. The smallest absolute Gasteiger partial charge is 0.251 e. The first-order valence-electron chi connectivity index (χ1n) is 9.00. The van der Waals surface area contributed by atoms with E-state index in [1.165, 1.54) is 19.1 Å². The minimum absolute atomic E-state index is 0.0840. The Bertz CT molecular complexity index is 840. The Kier molecular flexibility index (Phi) is 7.68. The highest BCUT2D eigenvalue weighted by atomic mass is 19.1. The normalized spacial score (nSPS) is 11.4. The van der Waals surface area contributed by atoms with Crippen molar-refractivity contribution < 1.29 is 18.8 Å². The number of carbonyl (C=O) groups excluding carboxylic acids is 3. The molecular formula is C21H24FN3O3. The number of aryl methyl sites for hydroxylation is 1. The van der Waals surface area contributed by atoms with Crippen LogP contribution in [0.2, 0.25) is 0 Å². The van der Waals surface area contributed by atoms with Gasteiger partial charge in [-0.05, 0) is 30.2 Å². The predicted octanol–water partition coefficient (Wildman–Crippen LogP) is 2.25. The highest BCUT2D eigenvalue weighted by molar-refractivity contribution is 5.94. The van der Waals surface area contributed by atoms with Crippen LogP contribution in [-0.4, -0.2) is 30.8 Å². The van der Waals surface area contributed by atoms with Crippen LogP contribution in [0.4, 0.5) is 4.39 Å². The molecule has 0 fully saturated rings. The predicted molar refractivity (Wildman–Crippen MR) is 104 cm³/mol. The fourth-order valence-corrected chi connectivity index (χ4v) is 2.65. The molecule has 0 radical (unpaired) electrons. The summed E-state index contributed by atoms with van der Waals surface area (Å²) in [4.78, 5) is 35.6. The molecule has 1 unspecified atom stereocenters. The van der Waals surface area contributed by atoms with Crippen LogP contribution >= 0.6 is 0 Å². The van der Waals surface area contributed by atoms with Crippen LogP contribution in [0.25, 0.3) is 0 Å². The molecule has 3 N–H and O–H groups in total. The van der Waals surface area contributed by atoms with Gasteiger partial charge in [0.05, 0.1) is 12.5 Å². The number of hydrogen-bond acceptors (Lipinski definition) is 3. The lowest BCUT2D eigenvalue weighted by molar-refractivity contribution is -0.122. The first-order chi connectivity index (χ1) is 13.4. The molecule has 0 heterocycles. The van der Waals surface area contributed by atoms with E-state index in [-0.39, 0.29) is 36.9 Å². The van der Waals surface area contributed by atoms with Crippen molar-refractivity contribution in [2.45, 2.75) is 26.3 Å². The topological polar surface area (TPSA) is 87.3 Å². The number of carbonyl (C=O) groups is 3. The van der Waals surface area contributed by atoms with Crippen LogP contribution in [0.3, 0.4) is 0 Å². The van der Waals surface area contributed by atoms with Gasteiger partial charge in [-0.3, -0.25) is 14.4 Å². The molecule has 1 atom stereocenters. The van der Waals surface area contributed by atoms with Gasteiger partial charge in [0.15, 0.2) is 0 Å². The Morgan fingerprint density at radius 3 is 2.32 bits per heavy atom. The lowest BCUT2D eigenvalue weighted by atomic mass is 10.0. The summed E-state index contributed by atoms with van der Waals surface area (Å²) < 4.78 is 13.5. The van der Waals surface area contributed by atoms with Gasteiger partial charge in [0.25, 0.3) is 5.91 Å². The summed E-state index contributed by atoms with van der Waals surface area (Å²) in [6.45, 7) is 3.45. The largest absolute Gasteiger partial charge is 0.354 e. The highest BCUT2D eigenvalue weighted by Gasteiger charge is 2.16. The van der Waals surface area contributed by atoms with Crippen molar-refractivity contribution in [1.82, 2.24) is 16.0 Å². The Balaban J connectivity index is 1.80. The van der Waals surface area contributed by atoms with Gasteiger partial charge in [0, 0.05) is 25.6 Å². The van der Waals surface area contributed by atoms with Gasteiger partial charge < -0.3 is 16.0 Å². The van der Waals surface area contributed by atoms with Crippen molar-refractivity contribution >= 4 is 17.7 Å². The SMILES string of the molecule is CC(=O)NC(CC(=O)NCCNC(=O)c1ccc(C)c(F)c1)c1ccccc1. The number of amides is 3. The molecule has 2 aromatic carbocycles. The second kappa shape index (κ2) is 10.2. The monoisotopic (exact) mass is 385 g/mol. The van der Waals surface area contributed by atoms with Crippen LogP contribution in [-0.2, 0) is 9.59 Å². The van der Waals surface area contributed by atoms with Crippen molar-refractivity contribution in [3.63, 3.8) is 0 Å². The summed E-state index contributed by atoms with van der Waals surface area (Å²) in [5.74, 6) is -1.32. The van der Waals surface area contributed by atoms with Crippen molar-refractivity contribution in [3.05, 3.63) is 71.0 Å². The van der Waals surface area contributed by atoms with Crippen LogP contribution in [0, 0.1) is 12.7 Å². The van der Waals surface area contributed by atoms with E-state index < -0.39 is 17.8 Å². The average Bonchev–Trinajstić information content (AvgIpc) is 2.67. The van der Waals surface area contributed by atoms with E-state index in [9.17, 15) is 18.8 Å². The van der Waals surface area contributed by atoms with Crippen molar-refractivity contribution in [1.29, 1.82) is 0 Å². The molecule has 2 aromatic rings. The molecule has 3 amide bonds. The maximum atomic E-state index is 13.5. The molecule has 0 saturated heterocycles. The van der Waals surface area contributed by atoms with Gasteiger partial charge in [-0.15, -0.1) is 0 Å². The van der Waals surface area contributed by atoms with Crippen molar-refractivity contribution in [3.8, 4) is 0 Å². The molecule has 0 aliphatic heterocycles. The van der Waals surface area contributed by atoms with E-state index in [1.807, 2.05) is 30.3 Å². The Labute approximate surface area is 163 Å². The molecule has 148 valence electrons. The molecule has 6 nitrogen and oxygen atoms in total. The second-order valence-corrected chi connectivity index (χ2v) is 6.44. The molecule has 0 aliphatic carbocycles. The minimum Gasteiger partial charge on any atom is -0.354 e. The van der Waals surface area contributed by atoms with E-state index in [0.717, 1.165) is 5.56 Å². The highest BCUT2D eigenvalue weighted by Crippen LogP contribution is 2.16. The molecule has 2 rings (SSSR count).